The molecule has 1 unspecified atom stereocenters. The smallest absolute Gasteiger partial charge is 0.0194 e. The highest BCUT2D eigenvalue weighted by Gasteiger charge is 2.13. The number of thioether (sulfide) groups is 1. The van der Waals surface area contributed by atoms with Crippen molar-refractivity contribution in [3.05, 3.63) is 30.3 Å². The summed E-state index contributed by atoms with van der Waals surface area (Å²) >= 11 is 1.98. The van der Waals surface area contributed by atoms with E-state index >= 15 is 0 Å². The third-order valence-electron chi connectivity index (χ3n) is 2.81. The van der Waals surface area contributed by atoms with Crippen LogP contribution >= 0.6 is 11.8 Å². The van der Waals surface area contributed by atoms with E-state index in [0.29, 0.717) is 5.25 Å². The van der Waals surface area contributed by atoms with Crippen LogP contribution in [-0.4, -0.2) is 42.9 Å². The number of nitrogens with zero attached hydrogens (tertiary/aromatic N) is 1. The van der Waals surface area contributed by atoms with Gasteiger partial charge in [-0.05, 0) is 12.1 Å². The van der Waals surface area contributed by atoms with Gasteiger partial charge in [0.15, 0.2) is 0 Å². The monoisotopic (exact) mass is 236 g/mol. The molecule has 0 aromatic heterocycles. The summed E-state index contributed by atoms with van der Waals surface area (Å²) in [5.74, 6) is 0. The molecule has 1 atom stereocenters. The maximum absolute atomic E-state index is 3.39. The molecule has 1 N–H and O–H groups in total. The molecule has 2 rings (SSSR count). The van der Waals surface area contributed by atoms with Crippen molar-refractivity contribution in [1.29, 1.82) is 0 Å². The van der Waals surface area contributed by atoms with Crippen molar-refractivity contribution in [3.63, 3.8) is 0 Å². The van der Waals surface area contributed by atoms with Gasteiger partial charge in [-0.3, -0.25) is 4.90 Å². The summed E-state index contributed by atoms with van der Waals surface area (Å²) in [6, 6.07) is 10.7. The van der Waals surface area contributed by atoms with E-state index in [1.807, 2.05) is 11.8 Å². The fourth-order valence-electron chi connectivity index (χ4n) is 2.03. The molecule has 1 heterocycles. The minimum Gasteiger partial charge on any atom is -0.314 e. The minimum absolute atomic E-state index is 0.667. The predicted molar refractivity (Wildman–Crippen MR) is 71.1 cm³/mol. The van der Waals surface area contributed by atoms with Crippen LogP contribution in [0.25, 0.3) is 0 Å². The normalized spacial score (nSPS) is 19.6. The molecule has 1 aliphatic heterocycles. The van der Waals surface area contributed by atoms with E-state index in [1.165, 1.54) is 24.5 Å². The highest BCUT2D eigenvalue weighted by Crippen LogP contribution is 2.23. The largest absolute Gasteiger partial charge is 0.314 e. The molecule has 88 valence electrons. The van der Waals surface area contributed by atoms with Crippen molar-refractivity contribution >= 4 is 11.8 Å². The molecule has 1 aromatic rings. The van der Waals surface area contributed by atoms with Gasteiger partial charge in [0, 0.05) is 42.9 Å². The Labute approximate surface area is 102 Å². The van der Waals surface area contributed by atoms with Crippen molar-refractivity contribution in [2.75, 3.05) is 32.7 Å². The summed E-state index contributed by atoms with van der Waals surface area (Å²) in [4.78, 5) is 3.93. The zero-order chi connectivity index (χ0) is 11.2. The molecule has 0 amide bonds. The lowest BCUT2D eigenvalue weighted by molar-refractivity contribution is 0.244. The third-order valence-corrected chi connectivity index (χ3v) is 3.90. The molecule has 0 bridgehead atoms. The van der Waals surface area contributed by atoms with E-state index in [4.69, 9.17) is 0 Å². The van der Waals surface area contributed by atoms with E-state index in [-0.39, 0.29) is 0 Å². The summed E-state index contributed by atoms with van der Waals surface area (Å²) < 4.78 is 0. The van der Waals surface area contributed by atoms with Crippen LogP contribution in [0.4, 0.5) is 0 Å². The Hall–Kier alpha value is -0.510. The first-order valence-electron chi connectivity index (χ1n) is 5.99. The molecule has 1 aromatic carbocycles. The van der Waals surface area contributed by atoms with E-state index in [0.717, 1.165) is 13.1 Å². The fraction of sp³-hybridized carbons (Fsp3) is 0.538. The Morgan fingerprint density at radius 2 is 1.94 bits per heavy atom. The lowest BCUT2D eigenvalue weighted by Crippen LogP contribution is -2.45. The summed E-state index contributed by atoms with van der Waals surface area (Å²) in [7, 11) is 0. The van der Waals surface area contributed by atoms with Gasteiger partial charge in [0.2, 0.25) is 0 Å². The second kappa shape index (κ2) is 6.28. The SMILES string of the molecule is CC(CN1CCNCC1)Sc1ccccc1. The first-order chi connectivity index (χ1) is 7.84. The van der Waals surface area contributed by atoms with Crippen LogP contribution in [-0.2, 0) is 0 Å². The van der Waals surface area contributed by atoms with Crippen LogP contribution in [0, 0.1) is 0 Å². The van der Waals surface area contributed by atoms with Crippen LogP contribution in [0.5, 0.6) is 0 Å². The summed E-state index contributed by atoms with van der Waals surface area (Å²) in [5, 5.41) is 4.06. The molecule has 3 heteroatoms. The van der Waals surface area contributed by atoms with Crippen LogP contribution in [0.2, 0.25) is 0 Å². The molecule has 2 nitrogen and oxygen atoms in total. The number of hydrogen-bond acceptors (Lipinski definition) is 3. The van der Waals surface area contributed by atoms with Crippen LogP contribution in [0.3, 0.4) is 0 Å². The first-order valence-corrected chi connectivity index (χ1v) is 6.87. The highest BCUT2D eigenvalue weighted by molar-refractivity contribution is 8.00. The zero-order valence-corrected chi connectivity index (χ0v) is 10.7. The van der Waals surface area contributed by atoms with E-state index in [9.17, 15) is 0 Å². The molecule has 16 heavy (non-hydrogen) atoms. The Morgan fingerprint density at radius 1 is 1.25 bits per heavy atom. The molecule has 1 aliphatic rings. The van der Waals surface area contributed by atoms with Crippen molar-refractivity contribution in [2.24, 2.45) is 0 Å². The van der Waals surface area contributed by atoms with Crippen molar-refractivity contribution in [2.45, 2.75) is 17.1 Å². The molecule has 0 aliphatic carbocycles. The Bertz CT molecular complexity index is 296. The van der Waals surface area contributed by atoms with Gasteiger partial charge in [-0.25, -0.2) is 0 Å². The first kappa shape index (κ1) is 12.0. The van der Waals surface area contributed by atoms with Crippen LogP contribution in [0.1, 0.15) is 6.92 Å². The molecular formula is C13H20N2S. The maximum Gasteiger partial charge on any atom is 0.0194 e. The number of hydrogen-bond donors (Lipinski definition) is 1. The highest BCUT2D eigenvalue weighted by atomic mass is 32.2. The Kier molecular flexibility index (Phi) is 4.69. The van der Waals surface area contributed by atoms with E-state index < -0.39 is 0 Å². The lowest BCUT2D eigenvalue weighted by Gasteiger charge is -2.29. The molecule has 0 spiro atoms. The van der Waals surface area contributed by atoms with Gasteiger partial charge in [-0.2, -0.15) is 0 Å². The number of nitrogens with one attached hydrogen (secondary N) is 1. The van der Waals surface area contributed by atoms with Gasteiger partial charge in [0.05, 0.1) is 0 Å². The van der Waals surface area contributed by atoms with Crippen LogP contribution < -0.4 is 5.32 Å². The van der Waals surface area contributed by atoms with Gasteiger partial charge < -0.3 is 5.32 Å². The number of piperazine rings is 1. The Morgan fingerprint density at radius 3 is 2.62 bits per heavy atom. The minimum atomic E-state index is 0.667. The summed E-state index contributed by atoms with van der Waals surface area (Å²) in [5.41, 5.74) is 0. The quantitative estimate of drug-likeness (QED) is 0.806. The van der Waals surface area contributed by atoms with Gasteiger partial charge in [0.1, 0.15) is 0 Å². The fourth-order valence-corrected chi connectivity index (χ4v) is 3.09. The summed E-state index contributed by atoms with van der Waals surface area (Å²) in [6.07, 6.45) is 0. The van der Waals surface area contributed by atoms with E-state index in [2.05, 4.69) is 47.5 Å². The average molecular weight is 236 g/mol. The molecule has 1 saturated heterocycles. The second-order valence-corrected chi connectivity index (χ2v) is 5.80. The van der Waals surface area contributed by atoms with Gasteiger partial charge in [0.25, 0.3) is 0 Å². The molecule has 1 fully saturated rings. The predicted octanol–water partition coefficient (Wildman–Crippen LogP) is 2.07. The van der Waals surface area contributed by atoms with Gasteiger partial charge in [-0.1, -0.05) is 25.1 Å². The van der Waals surface area contributed by atoms with E-state index in [1.54, 1.807) is 0 Å². The molecular weight excluding hydrogens is 216 g/mol. The Balaban J connectivity index is 1.77. The zero-order valence-electron chi connectivity index (χ0n) is 9.86. The van der Waals surface area contributed by atoms with Crippen molar-refractivity contribution < 1.29 is 0 Å². The maximum atomic E-state index is 3.39. The van der Waals surface area contributed by atoms with Crippen molar-refractivity contribution in [1.82, 2.24) is 10.2 Å². The average Bonchev–Trinajstić information content (AvgIpc) is 2.31. The number of rotatable bonds is 4. The summed E-state index contributed by atoms with van der Waals surface area (Å²) in [6.45, 7) is 8.19. The van der Waals surface area contributed by atoms with Crippen molar-refractivity contribution in [3.8, 4) is 0 Å². The molecule has 0 radical (unpaired) electrons. The second-order valence-electron chi connectivity index (χ2n) is 4.29. The van der Waals surface area contributed by atoms with Gasteiger partial charge in [-0.15, -0.1) is 11.8 Å². The molecule has 0 saturated carbocycles. The third kappa shape index (κ3) is 3.81. The van der Waals surface area contributed by atoms with Crippen LogP contribution in [0.15, 0.2) is 35.2 Å². The number of benzene rings is 1. The standard InChI is InChI=1S/C13H20N2S/c1-12(11-15-9-7-14-8-10-15)16-13-5-3-2-4-6-13/h2-6,12,14H,7-11H2,1H3. The lowest BCUT2D eigenvalue weighted by atomic mass is 10.3. The topological polar surface area (TPSA) is 15.3 Å². The van der Waals surface area contributed by atoms with Gasteiger partial charge >= 0.3 is 0 Å².